The highest BCUT2D eigenvalue weighted by Gasteiger charge is 2.23. The Kier molecular flexibility index (Phi) is 5.26. The predicted molar refractivity (Wildman–Crippen MR) is 112 cm³/mol. The lowest BCUT2D eigenvalue weighted by atomic mass is 10.1. The summed E-state index contributed by atoms with van der Waals surface area (Å²) in [5, 5.41) is 7.58. The van der Waals surface area contributed by atoms with Gasteiger partial charge in [0.15, 0.2) is 0 Å². The van der Waals surface area contributed by atoms with Crippen molar-refractivity contribution in [3.63, 3.8) is 0 Å². The second-order valence-electron chi connectivity index (χ2n) is 7.09. The molecule has 28 heavy (non-hydrogen) atoms. The summed E-state index contributed by atoms with van der Waals surface area (Å²) in [5.74, 6) is -0.0326. The van der Waals surface area contributed by atoms with Gasteiger partial charge in [-0.15, -0.1) is 0 Å². The summed E-state index contributed by atoms with van der Waals surface area (Å²) in [5.41, 5.74) is 6.64. The number of nitrogens with zero attached hydrogens (tertiary/aromatic N) is 3. The highest BCUT2D eigenvalue weighted by Crippen LogP contribution is 2.37. The summed E-state index contributed by atoms with van der Waals surface area (Å²) in [6, 6.07) is 16.1. The highest BCUT2D eigenvalue weighted by molar-refractivity contribution is 5.94. The van der Waals surface area contributed by atoms with Crippen molar-refractivity contribution in [3.05, 3.63) is 71.4 Å². The number of carbonyl (C=O) groups is 1. The van der Waals surface area contributed by atoms with Gasteiger partial charge in [0, 0.05) is 36.2 Å². The van der Waals surface area contributed by atoms with Gasteiger partial charge in [-0.3, -0.25) is 4.79 Å². The Morgan fingerprint density at radius 3 is 2.57 bits per heavy atom. The molecule has 2 aromatic carbocycles. The summed E-state index contributed by atoms with van der Waals surface area (Å²) < 4.78 is 1.98. The summed E-state index contributed by atoms with van der Waals surface area (Å²) in [6.45, 7) is 7.79. The van der Waals surface area contributed by atoms with Gasteiger partial charge in [0.2, 0.25) is 0 Å². The molecule has 3 aromatic rings. The molecular weight excluding hydrogens is 348 g/mol. The zero-order chi connectivity index (χ0) is 19.5. The van der Waals surface area contributed by atoms with Crippen LogP contribution in [0.25, 0.3) is 16.9 Å². The number of hydrogen-bond donors (Lipinski definition) is 1. The smallest absolute Gasteiger partial charge is 0.251 e. The van der Waals surface area contributed by atoms with Crippen LogP contribution in [0.4, 0.5) is 0 Å². The van der Waals surface area contributed by atoms with Gasteiger partial charge in [0.1, 0.15) is 0 Å². The molecule has 0 atom stereocenters. The monoisotopic (exact) mass is 374 g/mol. The number of hydrogen-bond acceptors (Lipinski definition) is 3. The van der Waals surface area contributed by atoms with E-state index < -0.39 is 0 Å². The summed E-state index contributed by atoms with van der Waals surface area (Å²) in [6.07, 6.45) is 2.88. The highest BCUT2D eigenvalue weighted by atomic mass is 16.1. The number of nitrogens with one attached hydrogen (secondary N) is 1. The Labute approximate surface area is 166 Å². The van der Waals surface area contributed by atoms with E-state index in [0.717, 1.165) is 37.4 Å². The van der Waals surface area contributed by atoms with E-state index in [2.05, 4.69) is 53.4 Å². The van der Waals surface area contributed by atoms with Crippen LogP contribution in [0.5, 0.6) is 0 Å². The lowest BCUT2D eigenvalue weighted by molar-refractivity contribution is 0.0949. The van der Waals surface area contributed by atoms with Crippen molar-refractivity contribution in [3.8, 4) is 16.9 Å². The molecule has 0 radical (unpaired) electrons. The first-order chi connectivity index (χ1) is 13.7. The minimum Gasteiger partial charge on any atom is -0.351 e. The molecule has 0 bridgehead atoms. The van der Waals surface area contributed by atoms with Crippen molar-refractivity contribution >= 4 is 5.91 Å². The van der Waals surface area contributed by atoms with E-state index in [0.29, 0.717) is 12.1 Å². The second-order valence-corrected chi connectivity index (χ2v) is 7.09. The lowest BCUT2D eigenvalue weighted by Crippen LogP contribution is -2.34. The van der Waals surface area contributed by atoms with E-state index in [9.17, 15) is 4.79 Å². The zero-order valence-electron chi connectivity index (χ0n) is 16.5. The number of benzene rings is 2. The van der Waals surface area contributed by atoms with Gasteiger partial charge >= 0.3 is 0 Å². The molecule has 1 aromatic heterocycles. The van der Waals surface area contributed by atoms with Gasteiger partial charge in [-0.1, -0.05) is 38.1 Å². The molecule has 0 unspecified atom stereocenters. The average Bonchev–Trinajstić information content (AvgIpc) is 3.30. The van der Waals surface area contributed by atoms with Crippen molar-refractivity contribution in [1.82, 2.24) is 20.0 Å². The van der Waals surface area contributed by atoms with Crippen LogP contribution in [0, 0.1) is 0 Å². The molecule has 1 heterocycles. The largest absolute Gasteiger partial charge is 0.351 e. The van der Waals surface area contributed by atoms with Crippen LogP contribution in [0.15, 0.2) is 54.7 Å². The molecular formula is C23H26N4O. The predicted octanol–water partition coefficient (Wildman–Crippen LogP) is 3.52. The van der Waals surface area contributed by atoms with Gasteiger partial charge in [-0.25, -0.2) is 4.68 Å². The van der Waals surface area contributed by atoms with E-state index in [1.54, 1.807) is 0 Å². The topological polar surface area (TPSA) is 50.2 Å². The number of carbonyl (C=O) groups excluding carboxylic acids is 1. The van der Waals surface area contributed by atoms with Gasteiger partial charge in [0.05, 0.1) is 17.6 Å². The summed E-state index contributed by atoms with van der Waals surface area (Å²) >= 11 is 0. The molecule has 0 spiro atoms. The molecule has 1 amide bonds. The van der Waals surface area contributed by atoms with Gasteiger partial charge in [0.25, 0.3) is 5.91 Å². The zero-order valence-corrected chi connectivity index (χ0v) is 16.5. The lowest BCUT2D eigenvalue weighted by Gasteiger charge is -2.18. The van der Waals surface area contributed by atoms with Crippen LogP contribution < -0.4 is 5.32 Å². The van der Waals surface area contributed by atoms with Gasteiger partial charge in [-0.2, -0.15) is 5.10 Å². The molecule has 5 nitrogen and oxygen atoms in total. The molecule has 5 heteroatoms. The maximum atomic E-state index is 12.4. The average molecular weight is 374 g/mol. The van der Waals surface area contributed by atoms with E-state index >= 15 is 0 Å². The van der Waals surface area contributed by atoms with Crippen LogP contribution in [0.1, 0.15) is 35.3 Å². The Morgan fingerprint density at radius 1 is 1.07 bits per heavy atom. The Bertz CT molecular complexity index is 971. The van der Waals surface area contributed by atoms with E-state index in [1.165, 1.54) is 16.7 Å². The van der Waals surface area contributed by atoms with Crippen LogP contribution in [-0.4, -0.2) is 46.8 Å². The van der Waals surface area contributed by atoms with Crippen molar-refractivity contribution < 1.29 is 4.79 Å². The third-order valence-electron chi connectivity index (χ3n) is 5.48. The minimum absolute atomic E-state index is 0.0326. The molecule has 0 fully saturated rings. The number of fused-ring (bicyclic) bond motifs is 3. The maximum absolute atomic E-state index is 12.4. The van der Waals surface area contributed by atoms with Crippen LogP contribution in [-0.2, 0) is 6.42 Å². The molecule has 1 aliphatic rings. The number of amides is 1. The number of aromatic nitrogens is 2. The van der Waals surface area contributed by atoms with E-state index in [1.807, 2.05) is 35.1 Å². The van der Waals surface area contributed by atoms with E-state index in [4.69, 9.17) is 0 Å². The molecule has 1 N–H and O–H groups in total. The van der Waals surface area contributed by atoms with Crippen molar-refractivity contribution in [2.45, 2.75) is 20.3 Å². The SMILES string of the molecule is CCN(CC)CCNC(=O)c1ccc(-n2ncc3c2-c2ccccc2C3)cc1. The standard InChI is InChI=1S/C23H26N4O/c1-3-26(4-2)14-13-24-23(28)17-9-11-20(12-10-17)27-22-19(16-25-27)15-18-7-5-6-8-21(18)22/h5-12,16H,3-4,13-15H2,1-2H3,(H,24,28). The first-order valence-electron chi connectivity index (χ1n) is 9.97. The van der Waals surface area contributed by atoms with Crippen molar-refractivity contribution in [1.29, 1.82) is 0 Å². The summed E-state index contributed by atoms with van der Waals surface area (Å²) in [7, 11) is 0. The fourth-order valence-corrected chi connectivity index (χ4v) is 3.83. The molecule has 144 valence electrons. The normalized spacial score (nSPS) is 12.1. The number of rotatable bonds is 7. The van der Waals surface area contributed by atoms with Crippen molar-refractivity contribution in [2.75, 3.05) is 26.2 Å². The van der Waals surface area contributed by atoms with Crippen LogP contribution >= 0.6 is 0 Å². The Hall–Kier alpha value is -2.92. The Morgan fingerprint density at radius 2 is 1.82 bits per heavy atom. The molecule has 0 aliphatic heterocycles. The third-order valence-corrected chi connectivity index (χ3v) is 5.48. The van der Waals surface area contributed by atoms with Gasteiger partial charge in [-0.05, 0) is 42.9 Å². The molecule has 0 saturated heterocycles. The summed E-state index contributed by atoms with van der Waals surface area (Å²) in [4.78, 5) is 14.7. The van der Waals surface area contributed by atoms with E-state index in [-0.39, 0.29) is 5.91 Å². The quantitative estimate of drug-likeness (QED) is 0.538. The van der Waals surface area contributed by atoms with Crippen molar-refractivity contribution in [2.24, 2.45) is 0 Å². The van der Waals surface area contributed by atoms with Crippen LogP contribution in [0.2, 0.25) is 0 Å². The maximum Gasteiger partial charge on any atom is 0.251 e. The molecule has 4 rings (SSSR count). The number of likely N-dealkylation sites (N-methyl/N-ethyl adjacent to an activating group) is 1. The third kappa shape index (κ3) is 3.45. The second kappa shape index (κ2) is 7.98. The minimum atomic E-state index is -0.0326. The molecule has 1 aliphatic carbocycles. The first kappa shape index (κ1) is 18.4. The fraction of sp³-hybridized carbons (Fsp3) is 0.304. The Balaban J connectivity index is 1.48. The fourth-order valence-electron chi connectivity index (χ4n) is 3.83. The molecule has 0 saturated carbocycles. The first-order valence-corrected chi connectivity index (χ1v) is 9.97. The van der Waals surface area contributed by atoms with Crippen LogP contribution in [0.3, 0.4) is 0 Å². The van der Waals surface area contributed by atoms with Gasteiger partial charge < -0.3 is 10.2 Å².